The molecular formula is C28H36O4. The quantitative estimate of drug-likeness (QED) is 0.326. The number of hydrogen-bond acceptors (Lipinski definition) is 4. The first kappa shape index (κ1) is 21.7. The Bertz CT molecular complexity index is 921. The summed E-state index contributed by atoms with van der Waals surface area (Å²) in [6, 6.07) is 9.50. The van der Waals surface area contributed by atoms with Crippen LogP contribution in [-0.4, -0.2) is 18.0 Å². The van der Waals surface area contributed by atoms with Crippen molar-refractivity contribution in [3.05, 3.63) is 42.0 Å². The largest absolute Gasteiger partial charge is 0.462 e. The molecule has 0 heterocycles. The van der Waals surface area contributed by atoms with Crippen molar-refractivity contribution in [2.24, 2.45) is 34.5 Å². The first-order chi connectivity index (χ1) is 15.3. The monoisotopic (exact) mass is 436 g/mol. The fraction of sp³-hybridized carbons (Fsp3) is 0.643. The second-order valence-electron chi connectivity index (χ2n) is 11.1. The van der Waals surface area contributed by atoms with Crippen molar-refractivity contribution in [1.82, 2.24) is 0 Å². The van der Waals surface area contributed by atoms with Gasteiger partial charge in [-0.15, -0.1) is 0 Å². The third kappa shape index (κ3) is 3.50. The Balaban J connectivity index is 1.34. The first-order valence-corrected chi connectivity index (χ1v) is 12.4. The molecule has 0 radical (unpaired) electrons. The number of esters is 2. The van der Waals surface area contributed by atoms with Crippen molar-refractivity contribution in [3.63, 3.8) is 0 Å². The molecule has 5 rings (SSSR count). The molecule has 0 bridgehead atoms. The smallest absolute Gasteiger partial charge is 0.314 e. The molecule has 172 valence electrons. The zero-order chi connectivity index (χ0) is 22.5. The van der Waals surface area contributed by atoms with Crippen LogP contribution in [-0.2, 0) is 14.3 Å². The van der Waals surface area contributed by atoms with Gasteiger partial charge in [-0.1, -0.05) is 43.7 Å². The van der Waals surface area contributed by atoms with Gasteiger partial charge in [0.2, 0.25) is 0 Å². The SMILES string of the molecule is CC(=O)O[C@H]1CC[C@@]2(C)C(=CC[C@H]3[C@@H]4CC[C@H](C(=O)Oc5ccccc5)[C@@]4(C)CC[C@@H]32)C1. The fourth-order valence-electron chi connectivity index (χ4n) is 8.03. The third-order valence-electron chi connectivity index (χ3n) is 9.64. The molecule has 0 unspecified atom stereocenters. The summed E-state index contributed by atoms with van der Waals surface area (Å²) in [7, 11) is 0. The number of rotatable bonds is 3. The van der Waals surface area contributed by atoms with Gasteiger partial charge in [0.05, 0.1) is 5.92 Å². The van der Waals surface area contributed by atoms with Crippen molar-refractivity contribution < 1.29 is 19.1 Å². The number of hydrogen-bond donors (Lipinski definition) is 0. The van der Waals surface area contributed by atoms with Gasteiger partial charge in [0.25, 0.3) is 0 Å². The van der Waals surface area contributed by atoms with E-state index in [0.717, 1.165) is 44.9 Å². The summed E-state index contributed by atoms with van der Waals surface area (Å²) in [6.07, 6.45) is 10.9. The minimum absolute atomic E-state index is 0.00783. The predicted molar refractivity (Wildman–Crippen MR) is 123 cm³/mol. The van der Waals surface area contributed by atoms with Crippen LogP contribution >= 0.6 is 0 Å². The normalized spacial score (nSPS) is 40.3. The second-order valence-corrected chi connectivity index (χ2v) is 11.1. The van der Waals surface area contributed by atoms with Crippen LogP contribution in [0, 0.1) is 34.5 Å². The molecule has 4 nitrogen and oxygen atoms in total. The number of carbonyl (C=O) groups is 2. The Morgan fingerprint density at radius 3 is 2.50 bits per heavy atom. The Morgan fingerprint density at radius 1 is 0.969 bits per heavy atom. The number of para-hydroxylation sites is 1. The van der Waals surface area contributed by atoms with Gasteiger partial charge in [-0.25, -0.2) is 0 Å². The Morgan fingerprint density at radius 2 is 1.75 bits per heavy atom. The van der Waals surface area contributed by atoms with Gasteiger partial charge >= 0.3 is 11.9 Å². The predicted octanol–water partition coefficient (Wildman–Crippen LogP) is 6.10. The molecule has 1 aromatic rings. The van der Waals surface area contributed by atoms with E-state index >= 15 is 0 Å². The lowest BCUT2D eigenvalue weighted by Gasteiger charge is -2.57. The Hall–Kier alpha value is -2.10. The maximum absolute atomic E-state index is 13.2. The minimum Gasteiger partial charge on any atom is -0.462 e. The molecule has 1 aromatic carbocycles. The number of carbonyl (C=O) groups excluding carboxylic acids is 2. The van der Waals surface area contributed by atoms with Crippen molar-refractivity contribution in [2.75, 3.05) is 0 Å². The van der Waals surface area contributed by atoms with Crippen LogP contribution in [0.25, 0.3) is 0 Å². The Kier molecular flexibility index (Phi) is 5.46. The van der Waals surface area contributed by atoms with Gasteiger partial charge in [0.1, 0.15) is 11.9 Å². The van der Waals surface area contributed by atoms with Crippen LogP contribution in [0.3, 0.4) is 0 Å². The molecule has 32 heavy (non-hydrogen) atoms. The van der Waals surface area contributed by atoms with Gasteiger partial charge < -0.3 is 9.47 Å². The molecule has 0 amide bonds. The van der Waals surface area contributed by atoms with E-state index in [1.54, 1.807) is 0 Å². The average molecular weight is 437 g/mol. The lowest BCUT2D eigenvalue weighted by Crippen LogP contribution is -2.51. The summed E-state index contributed by atoms with van der Waals surface area (Å²) in [5, 5.41) is 0. The molecule has 0 saturated heterocycles. The van der Waals surface area contributed by atoms with Crippen LogP contribution in [0.15, 0.2) is 42.0 Å². The van der Waals surface area contributed by atoms with E-state index in [2.05, 4.69) is 19.9 Å². The van der Waals surface area contributed by atoms with E-state index in [-0.39, 0.29) is 34.8 Å². The van der Waals surface area contributed by atoms with Gasteiger partial charge in [-0.05, 0) is 85.7 Å². The highest BCUT2D eigenvalue weighted by Gasteiger charge is 2.60. The lowest BCUT2D eigenvalue weighted by atomic mass is 9.47. The molecule has 7 atom stereocenters. The summed E-state index contributed by atoms with van der Waals surface area (Å²) in [6.45, 7) is 6.33. The van der Waals surface area contributed by atoms with Crippen LogP contribution in [0.1, 0.15) is 72.1 Å². The van der Waals surface area contributed by atoms with Crippen LogP contribution in [0.2, 0.25) is 0 Å². The van der Waals surface area contributed by atoms with Crippen molar-refractivity contribution >= 4 is 11.9 Å². The summed E-state index contributed by atoms with van der Waals surface area (Å²) < 4.78 is 11.4. The van der Waals surface area contributed by atoms with Crippen molar-refractivity contribution in [1.29, 1.82) is 0 Å². The van der Waals surface area contributed by atoms with Crippen LogP contribution in [0.5, 0.6) is 5.75 Å². The van der Waals surface area contributed by atoms with Gasteiger partial charge in [0.15, 0.2) is 0 Å². The van der Waals surface area contributed by atoms with Crippen molar-refractivity contribution in [3.8, 4) is 5.75 Å². The zero-order valence-electron chi connectivity index (χ0n) is 19.6. The molecule has 0 N–H and O–H groups in total. The molecule has 4 aliphatic rings. The maximum atomic E-state index is 13.2. The number of benzene rings is 1. The fourth-order valence-corrected chi connectivity index (χ4v) is 8.03. The van der Waals surface area contributed by atoms with Gasteiger partial charge in [-0.2, -0.15) is 0 Å². The van der Waals surface area contributed by atoms with E-state index in [0.29, 0.717) is 23.5 Å². The summed E-state index contributed by atoms with van der Waals surface area (Å²) in [5.41, 5.74) is 1.76. The first-order valence-electron chi connectivity index (χ1n) is 12.4. The number of allylic oxidation sites excluding steroid dienone is 1. The van der Waals surface area contributed by atoms with Crippen molar-refractivity contribution in [2.45, 2.75) is 78.2 Å². The summed E-state index contributed by atoms with van der Waals surface area (Å²) >= 11 is 0. The molecule has 0 aliphatic heterocycles. The summed E-state index contributed by atoms with van der Waals surface area (Å²) in [5.74, 6) is 2.33. The molecule has 0 spiro atoms. The minimum atomic E-state index is -0.166. The highest BCUT2D eigenvalue weighted by molar-refractivity contribution is 5.76. The maximum Gasteiger partial charge on any atom is 0.314 e. The molecule has 3 fully saturated rings. The van der Waals surface area contributed by atoms with Gasteiger partial charge in [0, 0.05) is 13.3 Å². The summed E-state index contributed by atoms with van der Waals surface area (Å²) in [4.78, 5) is 24.6. The topological polar surface area (TPSA) is 52.6 Å². The van der Waals surface area contributed by atoms with Crippen LogP contribution < -0.4 is 4.74 Å². The van der Waals surface area contributed by atoms with Gasteiger partial charge in [-0.3, -0.25) is 9.59 Å². The lowest BCUT2D eigenvalue weighted by molar-refractivity contribution is -0.150. The van der Waals surface area contributed by atoms with Crippen LogP contribution in [0.4, 0.5) is 0 Å². The molecular weight excluding hydrogens is 400 g/mol. The standard InChI is InChI=1S/C28H36O4/c1-18(29)31-21-13-15-27(2)19(17-21)9-10-22-23-11-12-25(28(23,3)16-14-24(22)27)26(30)32-20-7-5-4-6-8-20/h4-9,21-25H,10-17H2,1-3H3/t21-,22-,23-,24-,25+,27-,28-/m0/s1. The average Bonchev–Trinajstić information content (AvgIpc) is 3.12. The number of fused-ring (bicyclic) bond motifs is 5. The van der Waals surface area contributed by atoms with E-state index in [4.69, 9.17) is 9.47 Å². The van der Waals surface area contributed by atoms with E-state index in [1.165, 1.54) is 18.9 Å². The molecule has 4 aliphatic carbocycles. The van der Waals surface area contributed by atoms with E-state index in [9.17, 15) is 9.59 Å². The Labute approximate surface area is 191 Å². The molecule has 3 saturated carbocycles. The van der Waals surface area contributed by atoms with E-state index in [1.807, 2.05) is 30.3 Å². The van der Waals surface area contributed by atoms with E-state index < -0.39 is 0 Å². The number of ether oxygens (including phenoxy) is 2. The zero-order valence-corrected chi connectivity index (χ0v) is 19.6. The third-order valence-corrected chi connectivity index (χ3v) is 9.64. The molecule has 0 aromatic heterocycles. The molecule has 4 heteroatoms. The highest BCUT2D eigenvalue weighted by atomic mass is 16.5. The second kappa shape index (κ2) is 8.04. The highest BCUT2D eigenvalue weighted by Crippen LogP contribution is 2.66.